The summed E-state index contributed by atoms with van der Waals surface area (Å²) in [5, 5.41) is 14.8. The van der Waals surface area contributed by atoms with Crippen molar-refractivity contribution in [3.8, 4) is 5.75 Å². The van der Waals surface area contributed by atoms with Crippen LogP contribution in [-0.4, -0.2) is 49.4 Å². The zero-order chi connectivity index (χ0) is 15.5. The number of aromatic hydroxyl groups is 1. The van der Waals surface area contributed by atoms with Crippen LogP contribution in [0.4, 0.5) is 0 Å². The maximum absolute atomic E-state index is 10.5. The molecule has 0 amide bonds. The van der Waals surface area contributed by atoms with Crippen LogP contribution in [-0.2, 0) is 4.74 Å². The van der Waals surface area contributed by atoms with E-state index in [1.165, 1.54) is 0 Å². The molecular weight excluding hydrogens is 323 g/mol. The Morgan fingerprint density at radius 2 is 1.86 bits per heavy atom. The first-order chi connectivity index (χ1) is 10.7. The Morgan fingerprint density at radius 1 is 1.18 bits per heavy atom. The average molecular weight is 345 g/mol. The molecule has 0 aromatic heterocycles. The molecule has 2 aliphatic rings. The fourth-order valence-corrected chi connectivity index (χ4v) is 4.06. The Bertz CT molecular complexity index is 497. The summed E-state index contributed by atoms with van der Waals surface area (Å²) in [5.74, 6) is 0.619. The first kappa shape index (κ1) is 16.3. The molecule has 0 bridgehead atoms. The van der Waals surface area contributed by atoms with Gasteiger partial charge in [-0.15, -0.1) is 0 Å². The van der Waals surface area contributed by atoms with Gasteiger partial charge in [-0.1, -0.05) is 23.2 Å². The van der Waals surface area contributed by atoms with Crippen molar-refractivity contribution in [1.82, 2.24) is 10.2 Å². The summed E-state index contributed by atoms with van der Waals surface area (Å²) < 4.78 is 5.51. The molecule has 2 N–H and O–H groups in total. The van der Waals surface area contributed by atoms with Crippen molar-refractivity contribution >= 4 is 23.2 Å². The predicted octanol–water partition coefficient (Wildman–Crippen LogP) is 3.07. The van der Waals surface area contributed by atoms with E-state index in [-0.39, 0.29) is 11.8 Å². The molecule has 1 atom stereocenters. The van der Waals surface area contributed by atoms with Crippen LogP contribution in [0.3, 0.4) is 0 Å². The number of phenolic OH excluding ortho intramolecular Hbond substituents is 1. The fourth-order valence-electron chi connectivity index (χ4n) is 3.55. The molecule has 0 spiro atoms. The lowest BCUT2D eigenvalue weighted by atomic mass is 9.85. The molecule has 122 valence electrons. The van der Waals surface area contributed by atoms with E-state index in [1.807, 2.05) is 6.07 Å². The molecule has 3 rings (SSSR count). The lowest BCUT2D eigenvalue weighted by Crippen LogP contribution is -2.47. The predicted molar refractivity (Wildman–Crippen MR) is 88.9 cm³/mol. The van der Waals surface area contributed by atoms with Crippen LogP contribution < -0.4 is 5.32 Å². The minimum absolute atomic E-state index is 0.141. The summed E-state index contributed by atoms with van der Waals surface area (Å²) in [6.07, 6.45) is 2.00. The Hall–Kier alpha value is -0.520. The number of nitrogens with one attached hydrogen (secondary N) is 1. The van der Waals surface area contributed by atoms with Gasteiger partial charge in [0.2, 0.25) is 0 Å². The van der Waals surface area contributed by atoms with Gasteiger partial charge in [0.1, 0.15) is 5.75 Å². The highest BCUT2D eigenvalue weighted by atomic mass is 35.5. The van der Waals surface area contributed by atoms with Crippen LogP contribution in [0.2, 0.25) is 10.0 Å². The highest BCUT2D eigenvalue weighted by molar-refractivity contribution is 6.35. The molecule has 0 aliphatic carbocycles. The van der Waals surface area contributed by atoms with E-state index in [2.05, 4.69) is 10.2 Å². The topological polar surface area (TPSA) is 44.7 Å². The van der Waals surface area contributed by atoms with Gasteiger partial charge < -0.3 is 15.2 Å². The maximum atomic E-state index is 10.5. The van der Waals surface area contributed by atoms with E-state index in [9.17, 15) is 5.11 Å². The van der Waals surface area contributed by atoms with E-state index < -0.39 is 0 Å². The third-order valence-corrected chi connectivity index (χ3v) is 5.14. The smallest absolute Gasteiger partial charge is 0.139 e. The molecule has 0 unspecified atom stereocenters. The second kappa shape index (κ2) is 7.37. The summed E-state index contributed by atoms with van der Waals surface area (Å²) in [4.78, 5) is 2.44. The number of phenols is 1. The standard InChI is InChI=1S/C16H22Cl2N2O2/c17-12-9-13(16(21)14(18)10-12)15(11-1-7-22-8-2-11)20-5-3-19-4-6-20/h9-11,15,19,21H,1-8H2/t15-/m0/s1. The van der Waals surface area contributed by atoms with E-state index in [4.69, 9.17) is 27.9 Å². The molecule has 0 saturated carbocycles. The maximum Gasteiger partial charge on any atom is 0.139 e. The van der Waals surface area contributed by atoms with Crippen LogP contribution in [0.15, 0.2) is 12.1 Å². The summed E-state index contributed by atoms with van der Waals surface area (Å²) in [5.41, 5.74) is 0.853. The second-order valence-electron chi connectivity index (χ2n) is 6.01. The zero-order valence-electron chi connectivity index (χ0n) is 12.5. The van der Waals surface area contributed by atoms with E-state index in [0.717, 1.165) is 57.8 Å². The third kappa shape index (κ3) is 3.52. The first-order valence-electron chi connectivity index (χ1n) is 7.87. The van der Waals surface area contributed by atoms with Gasteiger partial charge in [0, 0.05) is 56.0 Å². The fraction of sp³-hybridized carbons (Fsp3) is 0.625. The summed E-state index contributed by atoms with van der Waals surface area (Å²) >= 11 is 12.3. The van der Waals surface area contributed by atoms with Crippen LogP contribution in [0.25, 0.3) is 0 Å². The largest absolute Gasteiger partial charge is 0.506 e. The highest BCUT2D eigenvalue weighted by Gasteiger charge is 2.33. The lowest BCUT2D eigenvalue weighted by Gasteiger charge is -2.41. The zero-order valence-corrected chi connectivity index (χ0v) is 14.0. The van der Waals surface area contributed by atoms with Crippen molar-refractivity contribution in [3.63, 3.8) is 0 Å². The van der Waals surface area contributed by atoms with Gasteiger partial charge >= 0.3 is 0 Å². The number of benzene rings is 1. The quantitative estimate of drug-likeness (QED) is 0.884. The van der Waals surface area contributed by atoms with Gasteiger partial charge in [-0.2, -0.15) is 0 Å². The van der Waals surface area contributed by atoms with Gasteiger partial charge in [0.05, 0.1) is 5.02 Å². The molecule has 2 fully saturated rings. The van der Waals surface area contributed by atoms with E-state index >= 15 is 0 Å². The number of hydrogen-bond acceptors (Lipinski definition) is 4. The van der Waals surface area contributed by atoms with Crippen molar-refractivity contribution in [1.29, 1.82) is 0 Å². The molecule has 6 heteroatoms. The van der Waals surface area contributed by atoms with Gasteiger partial charge in [-0.3, -0.25) is 4.90 Å². The van der Waals surface area contributed by atoms with Gasteiger partial charge in [-0.25, -0.2) is 0 Å². The number of halogens is 2. The number of piperazine rings is 1. The van der Waals surface area contributed by atoms with Crippen molar-refractivity contribution in [3.05, 3.63) is 27.7 Å². The highest BCUT2D eigenvalue weighted by Crippen LogP contribution is 2.43. The van der Waals surface area contributed by atoms with E-state index in [0.29, 0.717) is 16.0 Å². The second-order valence-corrected chi connectivity index (χ2v) is 6.85. The Morgan fingerprint density at radius 3 is 2.55 bits per heavy atom. The summed E-state index contributed by atoms with van der Waals surface area (Å²) in [6, 6.07) is 3.60. The SMILES string of the molecule is Oc1c(Cl)cc(Cl)cc1[C@H](C1CCOCC1)N1CCNCC1. The van der Waals surface area contributed by atoms with E-state index in [1.54, 1.807) is 6.07 Å². The number of hydrogen-bond donors (Lipinski definition) is 2. The molecule has 0 radical (unpaired) electrons. The van der Waals surface area contributed by atoms with Crippen molar-refractivity contribution in [2.75, 3.05) is 39.4 Å². The molecule has 4 nitrogen and oxygen atoms in total. The Kier molecular flexibility index (Phi) is 5.47. The normalized spacial score (nSPS) is 22.6. The van der Waals surface area contributed by atoms with Crippen LogP contribution in [0, 0.1) is 5.92 Å². The molecule has 1 aromatic carbocycles. The van der Waals surface area contributed by atoms with Gasteiger partial charge in [-0.05, 0) is 30.9 Å². The van der Waals surface area contributed by atoms with Gasteiger partial charge in [0.25, 0.3) is 0 Å². The van der Waals surface area contributed by atoms with Crippen LogP contribution in [0.5, 0.6) is 5.75 Å². The lowest BCUT2D eigenvalue weighted by molar-refractivity contribution is 0.0206. The summed E-state index contributed by atoms with van der Waals surface area (Å²) in [7, 11) is 0. The molecule has 2 saturated heterocycles. The van der Waals surface area contributed by atoms with Crippen LogP contribution in [0.1, 0.15) is 24.4 Å². The summed E-state index contributed by atoms with van der Waals surface area (Å²) in [6.45, 7) is 5.42. The number of rotatable bonds is 3. The van der Waals surface area contributed by atoms with Crippen molar-refractivity contribution in [2.24, 2.45) is 5.92 Å². The van der Waals surface area contributed by atoms with Gasteiger partial charge in [0.15, 0.2) is 0 Å². The van der Waals surface area contributed by atoms with Crippen LogP contribution >= 0.6 is 23.2 Å². The first-order valence-corrected chi connectivity index (χ1v) is 8.63. The average Bonchev–Trinajstić information content (AvgIpc) is 2.54. The third-order valence-electron chi connectivity index (χ3n) is 4.63. The molecular formula is C16H22Cl2N2O2. The molecule has 2 heterocycles. The minimum Gasteiger partial charge on any atom is -0.506 e. The Balaban J connectivity index is 1.96. The molecule has 22 heavy (non-hydrogen) atoms. The Labute approximate surface area is 141 Å². The molecule has 1 aromatic rings. The minimum atomic E-state index is 0.141. The monoisotopic (exact) mass is 344 g/mol. The number of ether oxygens (including phenoxy) is 1. The van der Waals surface area contributed by atoms with Crippen molar-refractivity contribution in [2.45, 2.75) is 18.9 Å². The number of nitrogens with zero attached hydrogens (tertiary/aromatic N) is 1. The van der Waals surface area contributed by atoms with Crippen molar-refractivity contribution < 1.29 is 9.84 Å². The molecule has 2 aliphatic heterocycles.